The van der Waals surface area contributed by atoms with Crippen molar-refractivity contribution in [3.63, 3.8) is 0 Å². The van der Waals surface area contributed by atoms with E-state index >= 15 is 0 Å². The highest BCUT2D eigenvalue weighted by Gasteiger charge is 2.41. The second-order valence-corrected chi connectivity index (χ2v) is 8.80. The molecule has 0 spiro atoms. The van der Waals surface area contributed by atoms with E-state index < -0.39 is 0 Å². The monoisotopic (exact) mass is 423 g/mol. The van der Waals surface area contributed by atoms with E-state index in [1.54, 1.807) is 13.2 Å². The summed E-state index contributed by atoms with van der Waals surface area (Å²) in [6.45, 7) is 1.84. The van der Waals surface area contributed by atoms with Gasteiger partial charge in [0.15, 0.2) is 11.5 Å². The summed E-state index contributed by atoms with van der Waals surface area (Å²) in [6, 6.07) is 14.0. The van der Waals surface area contributed by atoms with Gasteiger partial charge in [0.1, 0.15) is 5.82 Å². The van der Waals surface area contributed by atoms with Gasteiger partial charge in [0, 0.05) is 23.4 Å². The third-order valence-electron chi connectivity index (χ3n) is 6.96. The Kier molecular flexibility index (Phi) is 5.81. The molecule has 2 aliphatic heterocycles. The molecule has 6 heteroatoms. The van der Waals surface area contributed by atoms with Crippen molar-refractivity contribution in [1.82, 2.24) is 15.1 Å². The summed E-state index contributed by atoms with van der Waals surface area (Å²) in [4.78, 5) is 2.72. The van der Waals surface area contributed by atoms with Crippen LogP contribution in [0.3, 0.4) is 0 Å². The molecule has 2 aliphatic rings. The summed E-state index contributed by atoms with van der Waals surface area (Å²) >= 11 is 0. The van der Waals surface area contributed by atoms with Crippen molar-refractivity contribution >= 4 is 10.9 Å². The lowest BCUT2D eigenvalue weighted by Gasteiger charge is -2.38. The van der Waals surface area contributed by atoms with Crippen molar-refractivity contribution in [1.29, 1.82) is 0 Å². The van der Waals surface area contributed by atoms with Gasteiger partial charge in [-0.05, 0) is 75.4 Å². The van der Waals surface area contributed by atoms with Crippen molar-refractivity contribution < 1.29 is 13.9 Å². The molecule has 1 N–H and O–H groups in total. The third kappa shape index (κ3) is 4.13. The SMILES string of the molecule is COc1ccccc1OCCCCN1C2CCC1CC(c1n[nH]c3cc(F)ccc13)C2. The average Bonchev–Trinajstić information content (AvgIpc) is 3.30. The minimum atomic E-state index is -0.215. The van der Waals surface area contributed by atoms with Gasteiger partial charge in [-0.25, -0.2) is 4.39 Å². The molecule has 0 aliphatic carbocycles. The fourth-order valence-electron chi connectivity index (χ4n) is 5.50. The fourth-order valence-corrected chi connectivity index (χ4v) is 5.50. The number of fused-ring (bicyclic) bond motifs is 3. The van der Waals surface area contributed by atoms with Gasteiger partial charge in [-0.2, -0.15) is 5.10 Å². The zero-order valence-electron chi connectivity index (χ0n) is 18.0. The average molecular weight is 424 g/mol. The number of nitrogens with one attached hydrogen (secondary N) is 1. The highest BCUT2D eigenvalue weighted by Crippen LogP contribution is 2.44. The number of H-pyrrole nitrogens is 1. The number of benzene rings is 2. The molecular weight excluding hydrogens is 393 g/mol. The van der Waals surface area contributed by atoms with Crippen LogP contribution in [0.5, 0.6) is 11.5 Å². The van der Waals surface area contributed by atoms with Crippen molar-refractivity contribution in [3.05, 3.63) is 54.0 Å². The normalized spacial score (nSPS) is 23.4. The van der Waals surface area contributed by atoms with E-state index in [2.05, 4.69) is 15.1 Å². The van der Waals surface area contributed by atoms with Crippen LogP contribution < -0.4 is 9.47 Å². The zero-order valence-corrected chi connectivity index (χ0v) is 18.0. The second kappa shape index (κ2) is 8.87. The van der Waals surface area contributed by atoms with E-state index in [1.165, 1.54) is 18.9 Å². The molecule has 0 saturated carbocycles. The van der Waals surface area contributed by atoms with Crippen LogP contribution in [0, 0.1) is 5.82 Å². The van der Waals surface area contributed by atoms with E-state index in [-0.39, 0.29) is 5.82 Å². The van der Waals surface area contributed by atoms with Crippen LogP contribution in [-0.2, 0) is 0 Å². The molecule has 2 fully saturated rings. The number of hydrogen-bond donors (Lipinski definition) is 1. The molecule has 0 radical (unpaired) electrons. The molecule has 2 atom stereocenters. The van der Waals surface area contributed by atoms with Crippen molar-refractivity contribution in [2.45, 2.75) is 56.5 Å². The maximum atomic E-state index is 13.5. The molecule has 3 aromatic rings. The molecule has 1 aromatic heterocycles. The molecule has 2 unspecified atom stereocenters. The summed E-state index contributed by atoms with van der Waals surface area (Å²) in [5.41, 5.74) is 1.93. The van der Waals surface area contributed by atoms with E-state index in [4.69, 9.17) is 9.47 Å². The summed E-state index contributed by atoms with van der Waals surface area (Å²) in [6.07, 6.45) is 7.01. The van der Waals surface area contributed by atoms with Crippen LogP contribution >= 0.6 is 0 Å². The zero-order chi connectivity index (χ0) is 21.2. The maximum Gasteiger partial charge on any atom is 0.161 e. The number of aromatic amines is 1. The van der Waals surface area contributed by atoms with Crippen LogP contribution in [0.25, 0.3) is 10.9 Å². The molecule has 5 rings (SSSR count). The summed E-state index contributed by atoms with van der Waals surface area (Å²) in [5.74, 6) is 1.85. The lowest BCUT2D eigenvalue weighted by Crippen LogP contribution is -2.42. The van der Waals surface area contributed by atoms with Crippen LogP contribution in [0.2, 0.25) is 0 Å². The van der Waals surface area contributed by atoms with E-state index in [0.29, 0.717) is 24.6 Å². The van der Waals surface area contributed by atoms with Crippen LogP contribution in [-0.4, -0.2) is 47.4 Å². The predicted molar refractivity (Wildman–Crippen MR) is 119 cm³/mol. The Bertz CT molecular complexity index is 1020. The van der Waals surface area contributed by atoms with Crippen LogP contribution in [0.4, 0.5) is 4.39 Å². The molecule has 2 aromatic carbocycles. The van der Waals surface area contributed by atoms with Crippen LogP contribution in [0.1, 0.15) is 50.1 Å². The minimum absolute atomic E-state index is 0.215. The van der Waals surface area contributed by atoms with Gasteiger partial charge in [-0.1, -0.05) is 12.1 Å². The number of rotatable bonds is 8. The van der Waals surface area contributed by atoms with Gasteiger partial charge >= 0.3 is 0 Å². The van der Waals surface area contributed by atoms with Gasteiger partial charge in [0.05, 0.1) is 24.9 Å². The van der Waals surface area contributed by atoms with Gasteiger partial charge in [0.2, 0.25) is 0 Å². The van der Waals surface area contributed by atoms with E-state index in [1.807, 2.05) is 30.3 Å². The smallest absolute Gasteiger partial charge is 0.161 e. The Hall–Kier alpha value is -2.60. The molecule has 3 heterocycles. The number of methoxy groups -OCH3 is 1. The summed E-state index contributed by atoms with van der Waals surface area (Å²) in [7, 11) is 1.67. The Morgan fingerprint density at radius 1 is 1.06 bits per heavy atom. The van der Waals surface area contributed by atoms with Crippen molar-refractivity contribution in [2.75, 3.05) is 20.3 Å². The summed E-state index contributed by atoms with van der Waals surface area (Å²) < 4.78 is 24.8. The number of aromatic nitrogens is 2. The molecular formula is C25H30FN3O2. The first kappa shape index (κ1) is 20.3. The first-order valence-electron chi connectivity index (χ1n) is 11.4. The quantitative estimate of drug-likeness (QED) is 0.501. The second-order valence-electron chi connectivity index (χ2n) is 8.80. The Morgan fingerprint density at radius 2 is 1.84 bits per heavy atom. The maximum absolute atomic E-state index is 13.5. The molecule has 31 heavy (non-hydrogen) atoms. The number of piperidine rings is 1. The topological polar surface area (TPSA) is 50.4 Å². The third-order valence-corrected chi connectivity index (χ3v) is 6.96. The van der Waals surface area contributed by atoms with Gasteiger partial charge in [-0.15, -0.1) is 0 Å². The number of ether oxygens (including phenoxy) is 2. The lowest BCUT2D eigenvalue weighted by molar-refractivity contribution is 0.121. The Morgan fingerprint density at radius 3 is 2.61 bits per heavy atom. The minimum Gasteiger partial charge on any atom is -0.493 e. The van der Waals surface area contributed by atoms with Crippen LogP contribution in [0.15, 0.2) is 42.5 Å². The number of unbranched alkanes of at least 4 members (excludes halogenated alkanes) is 1. The van der Waals surface area contributed by atoms with Crippen molar-refractivity contribution in [2.24, 2.45) is 0 Å². The first-order chi connectivity index (χ1) is 15.2. The Labute approximate surface area is 182 Å². The summed E-state index contributed by atoms with van der Waals surface area (Å²) in [5, 5.41) is 8.68. The standard InChI is InChI=1S/C25H30FN3O2/c1-30-23-6-2-3-7-24(23)31-13-5-4-12-29-19-9-10-20(29)15-17(14-19)25-21-11-8-18(26)16-22(21)27-28-25/h2-3,6-8,11,16-17,19-20H,4-5,9-10,12-15H2,1H3,(H,27,28). The molecule has 2 bridgehead atoms. The Balaban J connectivity index is 1.14. The number of para-hydroxylation sites is 2. The number of hydrogen-bond acceptors (Lipinski definition) is 4. The molecule has 5 nitrogen and oxygen atoms in total. The number of nitrogens with zero attached hydrogens (tertiary/aromatic N) is 2. The van der Waals surface area contributed by atoms with E-state index in [0.717, 1.165) is 60.3 Å². The highest BCUT2D eigenvalue weighted by molar-refractivity contribution is 5.81. The molecule has 164 valence electrons. The first-order valence-corrected chi connectivity index (χ1v) is 11.4. The lowest BCUT2D eigenvalue weighted by atomic mass is 9.86. The molecule has 0 amide bonds. The van der Waals surface area contributed by atoms with Gasteiger partial charge in [0.25, 0.3) is 0 Å². The van der Waals surface area contributed by atoms with Gasteiger partial charge < -0.3 is 9.47 Å². The van der Waals surface area contributed by atoms with E-state index in [9.17, 15) is 4.39 Å². The van der Waals surface area contributed by atoms with Gasteiger partial charge in [-0.3, -0.25) is 10.00 Å². The molecule has 2 saturated heterocycles. The highest BCUT2D eigenvalue weighted by atomic mass is 19.1. The largest absolute Gasteiger partial charge is 0.493 e. The number of halogens is 1. The fraction of sp³-hybridized carbons (Fsp3) is 0.480. The predicted octanol–water partition coefficient (Wildman–Crippen LogP) is 5.28. The van der Waals surface area contributed by atoms with Crippen molar-refractivity contribution in [3.8, 4) is 11.5 Å².